The highest BCUT2D eigenvalue weighted by Crippen LogP contribution is 2.39. The number of ether oxygens (including phenoxy) is 4. The first-order valence-corrected chi connectivity index (χ1v) is 13.2. The zero-order valence-electron chi connectivity index (χ0n) is 20.2. The van der Waals surface area contributed by atoms with Crippen molar-refractivity contribution in [1.29, 1.82) is 0 Å². The molecule has 0 aliphatic carbocycles. The van der Waals surface area contributed by atoms with E-state index >= 15 is 0 Å². The second-order valence-corrected chi connectivity index (χ2v) is 10.5. The molecule has 3 rings (SSSR count). The van der Waals surface area contributed by atoms with E-state index in [-0.39, 0.29) is 24.0 Å². The summed E-state index contributed by atoms with van der Waals surface area (Å²) in [7, 11) is 1.39. The maximum absolute atomic E-state index is 13.6. The van der Waals surface area contributed by atoms with Gasteiger partial charge in [-0.2, -0.15) is 0 Å². The molecular weight excluding hydrogens is 458 g/mol. The summed E-state index contributed by atoms with van der Waals surface area (Å²) >= 11 is 0. The third-order valence-electron chi connectivity index (χ3n) is 5.86. The minimum Gasteiger partial charge on any atom is -0.494 e. The van der Waals surface area contributed by atoms with E-state index in [2.05, 4.69) is 6.92 Å². The second-order valence-electron chi connectivity index (χ2n) is 8.25. The lowest BCUT2D eigenvalue weighted by atomic mass is 10.1. The number of amides is 1. The monoisotopic (exact) mass is 491 g/mol. The van der Waals surface area contributed by atoms with E-state index in [0.29, 0.717) is 41.6 Å². The third-order valence-corrected chi connectivity index (χ3v) is 7.61. The molecule has 0 N–H and O–H groups in total. The molecule has 1 amide bonds. The van der Waals surface area contributed by atoms with Crippen molar-refractivity contribution in [3.05, 3.63) is 47.5 Å². The van der Waals surface area contributed by atoms with Crippen LogP contribution in [-0.4, -0.2) is 64.7 Å². The van der Waals surface area contributed by atoms with Gasteiger partial charge in [0.15, 0.2) is 21.3 Å². The highest BCUT2D eigenvalue weighted by molar-refractivity contribution is 7.91. The number of sulfone groups is 1. The SMILES string of the molecule is CCCCOc1ccc(C(=O)N(Cc2cc(OC)c(OC)c(OC)c2)C2CCS(=O)(=O)C2)cc1. The Morgan fingerprint density at radius 3 is 2.18 bits per heavy atom. The molecule has 1 unspecified atom stereocenters. The van der Waals surface area contributed by atoms with Gasteiger partial charge < -0.3 is 23.8 Å². The maximum atomic E-state index is 13.6. The number of benzene rings is 2. The Kier molecular flexibility index (Phi) is 8.66. The van der Waals surface area contributed by atoms with E-state index in [1.807, 2.05) is 0 Å². The molecule has 1 fully saturated rings. The molecule has 1 atom stereocenters. The normalized spacial score (nSPS) is 16.6. The summed E-state index contributed by atoms with van der Waals surface area (Å²) in [5.74, 6) is 1.87. The number of unbranched alkanes of at least 4 members (excludes halogenated alkanes) is 1. The van der Waals surface area contributed by atoms with Crippen molar-refractivity contribution in [3.8, 4) is 23.0 Å². The standard InChI is InChI=1S/C25H33NO7S/c1-5-6-12-33-21-9-7-19(8-10-21)25(27)26(20-11-13-34(28,29)17-20)16-18-14-22(30-2)24(32-4)23(15-18)31-3/h7-10,14-15,20H,5-6,11-13,16-17H2,1-4H3. The number of hydrogen-bond donors (Lipinski definition) is 0. The summed E-state index contributed by atoms with van der Waals surface area (Å²) in [6.45, 7) is 2.92. The number of carbonyl (C=O) groups is 1. The van der Waals surface area contributed by atoms with Gasteiger partial charge in [0.25, 0.3) is 5.91 Å². The van der Waals surface area contributed by atoms with Gasteiger partial charge in [-0.25, -0.2) is 8.42 Å². The van der Waals surface area contributed by atoms with Gasteiger partial charge in [0.2, 0.25) is 5.75 Å². The van der Waals surface area contributed by atoms with Crippen LogP contribution in [0.2, 0.25) is 0 Å². The van der Waals surface area contributed by atoms with Crippen LogP contribution in [0.5, 0.6) is 23.0 Å². The van der Waals surface area contributed by atoms with Crippen LogP contribution in [0, 0.1) is 0 Å². The summed E-state index contributed by atoms with van der Waals surface area (Å²) in [4.78, 5) is 15.2. The maximum Gasteiger partial charge on any atom is 0.254 e. The van der Waals surface area contributed by atoms with E-state index in [4.69, 9.17) is 18.9 Å². The number of methoxy groups -OCH3 is 3. The first kappa shape index (κ1) is 25.7. The largest absolute Gasteiger partial charge is 0.494 e. The van der Waals surface area contributed by atoms with Crippen molar-refractivity contribution in [2.45, 2.75) is 38.8 Å². The van der Waals surface area contributed by atoms with Crippen molar-refractivity contribution >= 4 is 15.7 Å². The van der Waals surface area contributed by atoms with Crippen molar-refractivity contribution in [1.82, 2.24) is 4.90 Å². The Morgan fingerprint density at radius 1 is 1.03 bits per heavy atom. The van der Waals surface area contributed by atoms with Crippen LogP contribution in [0.25, 0.3) is 0 Å². The lowest BCUT2D eigenvalue weighted by Crippen LogP contribution is -2.40. The van der Waals surface area contributed by atoms with Crippen molar-refractivity contribution < 1.29 is 32.2 Å². The average molecular weight is 492 g/mol. The van der Waals surface area contributed by atoms with Crippen LogP contribution in [0.1, 0.15) is 42.1 Å². The molecule has 34 heavy (non-hydrogen) atoms. The fourth-order valence-corrected chi connectivity index (χ4v) is 5.74. The van der Waals surface area contributed by atoms with E-state index in [9.17, 15) is 13.2 Å². The molecule has 9 heteroatoms. The van der Waals surface area contributed by atoms with Crippen LogP contribution in [-0.2, 0) is 16.4 Å². The summed E-state index contributed by atoms with van der Waals surface area (Å²) in [5.41, 5.74) is 1.21. The fourth-order valence-electron chi connectivity index (χ4n) is 4.01. The minimum absolute atomic E-state index is 0.0542. The van der Waals surface area contributed by atoms with E-state index in [1.165, 1.54) is 21.3 Å². The molecule has 2 aromatic carbocycles. The van der Waals surface area contributed by atoms with E-state index in [1.54, 1.807) is 41.3 Å². The summed E-state index contributed by atoms with van der Waals surface area (Å²) in [6, 6.07) is 10.1. The Hall–Kier alpha value is -2.94. The van der Waals surface area contributed by atoms with Crippen molar-refractivity contribution in [2.24, 2.45) is 0 Å². The molecule has 0 saturated carbocycles. The van der Waals surface area contributed by atoms with Gasteiger partial charge in [-0.15, -0.1) is 0 Å². The van der Waals surface area contributed by atoms with Crippen LogP contribution in [0.4, 0.5) is 0 Å². The topological polar surface area (TPSA) is 91.4 Å². The molecule has 0 bridgehead atoms. The van der Waals surface area contributed by atoms with Gasteiger partial charge in [-0.3, -0.25) is 4.79 Å². The van der Waals surface area contributed by atoms with Crippen LogP contribution in [0.3, 0.4) is 0 Å². The van der Waals surface area contributed by atoms with Gasteiger partial charge in [0.1, 0.15) is 5.75 Å². The number of rotatable bonds is 11. The predicted octanol–water partition coefficient (Wildman–Crippen LogP) is 3.72. The van der Waals surface area contributed by atoms with Gasteiger partial charge in [0.05, 0.1) is 39.4 Å². The molecule has 0 spiro atoms. The number of hydrogen-bond acceptors (Lipinski definition) is 7. The summed E-state index contributed by atoms with van der Waals surface area (Å²) in [6.07, 6.45) is 2.40. The summed E-state index contributed by atoms with van der Waals surface area (Å²) < 4.78 is 46.4. The lowest BCUT2D eigenvalue weighted by Gasteiger charge is -2.29. The zero-order valence-corrected chi connectivity index (χ0v) is 21.0. The average Bonchev–Trinajstić information content (AvgIpc) is 3.21. The van der Waals surface area contributed by atoms with Crippen LogP contribution < -0.4 is 18.9 Å². The highest BCUT2D eigenvalue weighted by Gasteiger charge is 2.35. The van der Waals surface area contributed by atoms with Gasteiger partial charge in [-0.1, -0.05) is 13.3 Å². The van der Waals surface area contributed by atoms with Crippen molar-refractivity contribution in [3.63, 3.8) is 0 Å². The van der Waals surface area contributed by atoms with Gasteiger partial charge in [-0.05, 0) is 54.8 Å². The molecule has 1 aliphatic rings. The molecule has 1 heterocycles. The molecule has 1 aliphatic heterocycles. The second kappa shape index (κ2) is 11.5. The van der Waals surface area contributed by atoms with Crippen molar-refractivity contribution in [2.75, 3.05) is 39.4 Å². The third kappa shape index (κ3) is 6.14. The van der Waals surface area contributed by atoms with Gasteiger partial charge in [0, 0.05) is 18.2 Å². The molecular formula is C25H33NO7S. The Bertz CT molecular complexity index is 1060. The Morgan fingerprint density at radius 2 is 1.68 bits per heavy atom. The number of nitrogens with zero attached hydrogens (tertiary/aromatic N) is 1. The number of carbonyl (C=O) groups excluding carboxylic acids is 1. The molecule has 8 nitrogen and oxygen atoms in total. The predicted molar refractivity (Wildman–Crippen MR) is 130 cm³/mol. The van der Waals surface area contributed by atoms with Gasteiger partial charge >= 0.3 is 0 Å². The van der Waals surface area contributed by atoms with Crippen LogP contribution in [0.15, 0.2) is 36.4 Å². The van der Waals surface area contributed by atoms with Crippen LogP contribution >= 0.6 is 0 Å². The molecule has 2 aromatic rings. The highest BCUT2D eigenvalue weighted by atomic mass is 32.2. The van der Waals surface area contributed by atoms with E-state index < -0.39 is 15.9 Å². The molecule has 1 saturated heterocycles. The lowest BCUT2D eigenvalue weighted by molar-refractivity contribution is 0.0680. The quantitative estimate of drug-likeness (QED) is 0.443. The first-order valence-electron chi connectivity index (χ1n) is 11.3. The smallest absolute Gasteiger partial charge is 0.254 e. The molecule has 0 radical (unpaired) electrons. The zero-order chi connectivity index (χ0) is 24.7. The fraction of sp³-hybridized carbons (Fsp3) is 0.480. The molecule has 186 valence electrons. The Labute approximate surface area is 201 Å². The Balaban J connectivity index is 1.90. The first-order chi connectivity index (χ1) is 16.3. The molecule has 0 aromatic heterocycles. The minimum atomic E-state index is -3.19. The van der Waals surface area contributed by atoms with E-state index in [0.717, 1.165) is 18.4 Å². The summed E-state index contributed by atoms with van der Waals surface area (Å²) in [5, 5.41) is 0.